The smallest absolute Gasteiger partial charge is 0.454 e. The van der Waals surface area contributed by atoms with Crippen LogP contribution in [0.15, 0.2) is 0 Å². The molecular weight excluding hydrogens is 217 g/mol. The highest BCUT2D eigenvalue weighted by Gasteiger charge is 2.27. The zero-order valence-corrected chi connectivity index (χ0v) is 9.43. The number of carbonyl (C=O) groups excluding carboxylic acids is 1. The summed E-state index contributed by atoms with van der Waals surface area (Å²) in [5, 5.41) is 27.9. The number of amides is 1. The molecule has 4 N–H and O–H groups in total. The Bertz CT molecular complexity index is 262. The summed E-state index contributed by atoms with van der Waals surface area (Å²) in [4.78, 5) is 21.8. The second-order valence-electron chi connectivity index (χ2n) is 4.25. The third kappa shape index (κ3) is 7.07. The highest BCUT2D eigenvalue weighted by Crippen LogP contribution is 2.07. The molecule has 92 valence electrons. The minimum Gasteiger partial charge on any atom is -0.480 e. The van der Waals surface area contributed by atoms with Crippen molar-refractivity contribution in [2.24, 2.45) is 0 Å². The second-order valence-corrected chi connectivity index (χ2v) is 4.25. The Morgan fingerprint density at radius 1 is 1.38 bits per heavy atom. The number of hydrogen-bond donors (Lipinski definition) is 4. The molecule has 0 radical (unpaired) electrons. The first-order valence-electron chi connectivity index (χ1n) is 4.70. The fourth-order valence-corrected chi connectivity index (χ4v) is 0.882. The van der Waals surface area contributed by atoms with E-state index >= 15 is 0 Å². The molecule has 16 heavy (non-hydrogen) atoms. The molecule has 0 aliphatic carbocycles. The molecule has 0 aliphatic rings. The zero-order chi connectivity index (χ0) is 12.9. The van der Waals surface area contributed by atoms with Crippen molar-refractivity contribution in [3.05, 3.63) is 0 Å². The van der Waals surface area contributed by atoms with Crippen molar-refractivity contribution >= 4 is 19.2 Å². The molecule has 7 nitrogen and oxygen atoms in total. The summed E-state index contributed by atoms with van der Waals surface area (Å²) in [7, 11) is -1.81. The monoisotopic (exact) mass is 233 g/mol. The first-order chi connectivity index (χ1) is 7.11. The molecule has 0 bridgehead atoms. The van der Waals surface area contributed by atoms with E-state index in [-0.39, 0.29) is 0 Å². The third-order valence-electron chi connectivity index (χ3n) is 1.44. The number of carbonyl (C=O) groups is 2. The van der Waals surface area contributed by atoms with Gasteiger partial charge < -0.3 is 25.2 Å². The van der Waals surface area contributed by atoms with Crippen LogP contribution in [0, 0.1) is 0 Å². The lowest BCUT2D eigenvalue weighted by Gasteiger charge is -2.21. The maximum atomic E-state index is 11.2. The van der Waals surface area contributed by atoms with Crippen molar-refractivity contribution in [1.82, 2.24) is 5.32 Å². The van der Waals surface area contributed by atoms with Crippen molar-refractivity contribution in [3.8, 4) is 0 Å². The fraction of sp³-hybridized carbons (Fsp3) is 0.750. The van der Waals surface area contributed by atoms with Crippen LogP contribution in [0.25, 0.3) is 0 Å². The van der Waals surface area contributed by atoms with Gasteiger partial charge in [0.25, 0.3) is 0 Å². The Kier molecular flexibility index (Phi) is 5.26. The Labute approximate surface area is 93.6 Å². The predicted octanol–water partition coefficient (Wildman–Crippen LogP) is -0.563. The van der Waals surface area contributed by atoms with Crippen molar-refractivity contribution in [1.29, 1.82) is 0 Å². The SMILES string of the molecule is CC(C)(C)OC(=O)NC(CB(O)O)C(=O)O. The van der Waals surface area contributed by atoms with Gasteiger partial charge in [-0.25, -0.2) is 4.79 Å². The number of ether oxygens (including phenoxy) is 1. The van der Waals surface area contributed by atoms with E-state index in [2.05, 4.69) is 0 Å². The maximum Gasteiger partial charge on any atom is 0.454 e. The van der Waals surface area contributed by atoms with Gasteiger partial charge in [-0.05, 0) is 20.8 Å². The summed E-state index contributed by atoms with van der Waals surface area (Å²) in [6.45, 7) is 4.88. The van der Waals surface area contributed by atoms with Gasteiger partial charge in [-0.1, -0.05) is 0 Å². The largest absolute Gasteiger partial charge is 0.480 e. The molecule has 8 heteroatoms. The molecule has 0 saturated heterocycles. The van der Waals surface area contributed by atoms with E-state index in [1.165, 1.54) is 0 Å². The van der Waals surface area contributed by atoms with Crippen molar-refractivity contribution in [3.63, 3.8) is 0 Å². The Morgan fingerprint density at radius 3 is 2.19 bits per heavy atom. The predicted molar refractivity (Wildman–Crippen MR) is 55.8 cm³/mol. The van der Waals surface area contributed by atoms with E-state index in [1.54, 1.807) is 20.8 Å². The minimum absolute atomic E-state index is 0.505. The number of rotatable bonds is 4. The van der Waals surface area contributed by atoms with Crippen LogP contribution in [0.5, 0.6) is 0 Å². The summed E-state index contributed by atoms with van der Waals surface area (Å²) in [5.41, 5.74) is -0.745. The average Bonchev–Trinajstić information content (AvgIpc) is 1.97. The van der Waals surface area contributed by atoms with E-state index in [9.17, 15) is 9.59 Å². The maximum absolute atomic E-state index is 11.2. The highest BCUT2D eigenvalue weighted by molar-refractivity contribution is 6.41. The zero-order valence-electron chi connectivity index (χ0n) is 9.43. The summed E-state index contributed by atoms with van der Waals surface area (Å²) < 4.78 is 4.82. The molecular formula is C8H16BNO6. The van der Waals surface area contributed by atoms with Crippen molar-refractivity contribution < 1.29 is 29.5 Å². The van der Waals surface area contributed by atoms with Gasteiger partial charge in [0.2, 0.25) is 0 Å². The average molecular weight is 233 g/mol. The van der Waals surface area contributed by atoms with Gasteiger partial charge in [0.15, 0.2) is 0 Å². The molecule has 1 amide bonds. The number of hydrogen-bond acceptors (Lipinski definition) is 5. The number of alkyl carbamates (subject to hydrolysis) is 1. The van der Waals surface area contributed by atoms with Gasteiger partial charge in [-0.3, -0.25) is 4.79 Å². The lowest BCUT2D eigenvalue weighted by atomic mass is 9.82. The molecule has 0 rings (SSSR count). The summed E-state index contributed by atoms with van der Waals surface area (Å²) in [5.74, 6) is -1.36. The molecule has 0 aromatic carbocycles. The molecule has 0 fully saturated rings. The van der Waals surface area contributed by atoms with E-state index in [0.29, 0.717) is 0 Å². The van der Waals surface area contributed by atoms with Gasteiger partial charge >= 0.3 is 19.2 Å². The summed E-state index contributed by atoms with van der Waals surface area (Å²) >= 11 is 0. The highest BCUT2D eigenvalue weighted by atomic mass is 16.6. The van der Waals surface area contributed by atoms with Gasteiger partial charge in [-0.15, -0.1) is 0 Å². The van der Waals surface area contributed by atoms with Crippen LogP contribution in [-0.4, -0.2) is 46.0 Å². The molecule has 1 atom stereocenters. The van der Waals surface area contributed by atoms with Crippen molar-refractivity contribution in [2.75, 3.05) is 0 Å². The van der Waals surface area contributed by atoms with E-state index in [0.717, 1.165) is 0 Å². The Balaban J connectivity index is 4.30. The topological polar surface area (TPSA) is 116 Å². The van der Waals surface area contributed by atoms with Gasteiger partial charge in [-0.2, -0.15) is 0 Å². The van der Waals surface area contributed by atoms with E-state index in [4.69, 9.17) is 19.9 Å². The number of carboxylic acid groups (broad SMARTS) is 1. The van der Waals surface area contributed by atoms with Crippen LogP contribution in [0.2, 0.25) is 6.32 Å². The fourth-order valence-electron chi connectivity index (χ4n) is 0.882. The lowest BCUT2D eigenvalue weighted by molar-refractivity contribution is -0.139. The van der Waals surface area contributed by atoms with E-state index in [1.807, 2.05) is 5.32 Å². The molecule has 0 saturated carbocycles. The number of carboxylic acids is 1. The number of aliphatic carboxylic acids is 1. The van der Waals surface area contributed by atoms with Crippen LogP contribution < -0.4 is 5.32 Å². The van der Waals surface area contributed by atoms with Crippen LogP contribution in [0.3, 0.4) is 0 Å². The van der Waals surface area contributed by atoms with E-state index < -0.39 is 37.1 Å². The molecule has 0 spiro atoms. The van der Waals surface area contributed by atoms with Gasteiger partial charge in [0.1, 0.15) is 11.6 Å². The molecule has 0 aromatic rings. The summed E-state index contributed by atoms with van der Waals surface area (Å²) in [6, 6.07) is -1.39. The molecule has 0 aromatic heterocycles. The van der Waals surface area contributed by atoms with Crippen molar-refractivity contribution in [2.45, 2.75) is 38.7 Å². The molecule has 0 aliphatic heterocycles. The normalized spacial score (nSPS) is 12.8. The Hall–Kier alpha value is -1.28. The van der Waals surface area contributed by atoms with Crippen LogP contribution >= 0.6 is 0 Å². The lowest BCUT2D eigenvalue weighted by Crippen LogP contribution is -2.45. The van der Waals surface area contributed by atoms with Crippen LogP contribution in [-0.2, 0) is 9.53 Å². The first kappa shape index (κ1) is 14.7. The van der Waals surface area contributed by atoms with Crippen LogP contribution in [0.4, 0.5) is 4.79 Å². The number of nitrogens with one attached hydrogen (secondary N) is 1. The Morgan fingerprint density at radius 2 is 1.88 bits per heavy atom. The standard InChI is InChI=1S/C8H16BNO6/c1-8(2,3)16-7(13)10-5(6(11)12)4-9(14)15/h5,14-15H,4H2,1-3H3,(H,10,13)(H,11,12). The summed E-state index contributed by atoms with van der Waals surface area (Å²) in [6.07, 6.45) is -1.42. The third-order valence-corrected chi connectivity index (χ3v) is 1.44. The van der Waals surface area contributed by atoms with Crippen LogP contribution in [0.1, 0.15) is 20.8 Å². The second kappa shape index (κ2) is 5.71. The quantitative estimate of drug-likeness (QED) is 0.483. The minimum atomic E-state index is -1.81. The first-order valence-corrected chi connectivity index (χ1v) is 4.70. The molecule has 0 heterocycles. The molecule has 1 unspecified atom stereocenters. The van der Waals surface area contributed by atoms with Gasteiger partial charge in [0.05, 0.1) is 0 Å². The van der Waals surface area contributed by atoms with Gasteiger partial charge in [0, 0.05) is 6.32 Å².